The largest absolute Gasteiger partial charge is 0.573 e. The summed E-state index contributed by atoms with van der Waals surface area (Å²) in [7, 11) is 1.48. The molecule has 0 atom stereocenters. The SMILES string of the molecule is COc1ccccc1-n1c(=O)[nH]c2cnc(-c3cccc(OC(F)(F)F)c3)nc21. The number of hydrogen-bond acceptors (Lipinski definition) is 5. The van der Waals surface area contributed by atoms with Gasteiger partial charge < -0.3 is 14.5 Å². The molecular formula is C19H13F3N4O3. The molecule has 0 fully saturated rings. The van der Waals surface area contributed by atoms with Crippen LogP contribution in [-0.4, -0.2) is 33.0 Å². The molecule has 0 amide bonds. The van der Waals surface area contributed by atoms with Gasteiger partial charge >= 0.3 is 12.1 Å². The van der Waals surface area contributed by atoms with Crippen molar-refractivity contribution in [3.8, 4) is 28.6 Å². The van der Waals surface area contributed by atoms with Crippen LogP contribution in [0.2, 0.25) is 0 Å². The molecule has 10 heteroatoms. The van der Waals surface area contributed by atoms with Gasteiger partial charge in [-0.1, -0.05) is 24.3 Å². The molecule has 0 bridgehead atoms. The molecule has 2 aromatic carbocycles. The van der Waals surface area contributed by atoms with E-state index in [4.69, 9.17) is 4.74 Å². The zero-order valence-corrected chi connectivity index (χ0v) is 14.9. The first-order chi connectivity index (χ1) is 13.9. The van der Waals surface area contributed by atoms with Crippen molar-refractivity contribution in [3.63, 3.8) is 0 Å². The second-order valence-corrected chi connectivity index (χ2v) is 5.94. The second kappa shape index (κ2) is 6.97. The quantitative estimate of drug-likeness (QED) is 0.563. The van der Waals surface area contributed by atoms with E-state index in [-0.39, 0.29) is 11.5 Å². The summed E-state index contributed by atoms with van der Waals surface area (Å²) >= 11 is 0. The minimum atomic E-state index is -4.81. The summed E-state index contributed by atoms with van der Waals surface area (Å²) in [6.07, 6.45) is -3.42. The van der Waals surface area contributed by atoms with Gasteiger partial charge in [0, 0.05) is 5.56 Å². The highest BCUT2D eigenvalue weighted by atomic mass is 19.4. The van der Waals surface area contributed by atoms with Crippen LogP contribution in [-0.2, 0) is 0 Å². The summed E-state index contributed by atoms with van der Waals surface area (Å²) in [5.74, 6) is 0.193. The van der Waals surface area contributed by atoms with Crippen molar-refractivity contribution in [2.24, 2.45) is 0 Å². The Morgan fingerprint density at radius 2 is 1.90 bits per heavy atom. The number of H-pyrrole nitrogens is 1. The highest BCUT2D eigenvalue weighted by molar-refractivity contribution is 5.75. The molecule has 7 nitrogen and oxygen atoms in total. The number of nitrogens with zero attached hydrogens (tertiary/aromatic N) is 3. The summed E-state index contributed by atoms with van der Waals surface area (Å²) in [6.45, 7) is 0. The lowest BCUT2D eigenvalue weighted by molar-refractivity contribution is -0.274. The number of rotatable bonds is 4. The highest BCUT2D eigenvalue weighted by Crippen LogP contribution is 2.28. The highest BCUT2D eigenvalue weighted by Gasteiger charge is 2.31. The number of fused-ring (bicyclic) bond motifs is 1. The summed E-state index contributed by atoms with van der Waals surface area (Å²) in [5, 5.41) is 0. The van der Waals surface area contributed by atoms with Crippen molar-refractivity contribution in [1.82, 2.24) is 19.5 Å². The fourth-order valence-electron chi connectivity index (χ4n) is 2.91. The summed E-state index contributed by atoms with van der Waals surface area (Å²) in [6, 6.07) is 12.2. The minimum absolute atomic E-state index is 0.132. The Balaban J connectivity index is 1.85. The van der Waals surface area contributed by atoms with E-state index in [0.29, 0.717) is 22.5 Å². The number of benzene rings is 2. The maximum absolute atomic E-state index is 12.5. The smallest absolute Gasteiger partial charge is 0.495 e. The number of aromatic nitrogens is 4. The van der Waals surface area contributed by atoms with Gasteiger partial charge in [-0.2, -0.15) is 0 Å². The molecule has 0 aliphatic carbocycles. The molecule has 0 aliphatic rings. The molecular weight excluding hydrogens is 389 g/mol. The Hall–Kier alpha value is -3.82. The van der Waals surface area contributed by atoms with E-state index < -0.39 is 17.8 Å². The lowest BCUT2D eigenvalue weighted by atomic mass is 10.2. The van der Waals surface area contributed by atoms with Crippen LogP contribution in [0.3, 0.4) is 0 Å². The number of aromatic amines is 1. The average molecular weight is 402 g/mol. The lowest BCUT2D eigenvalue weighted by Crippen LogP contribution is -2.17. The molecule has 29 heavy (non-hydrogen) atoms. The Morgan fingerprint density at radius 3 is 2.66 bits per heavy atom. The number of imidazole rings is 1. The third kappa shape index (κ3) is 3.64. The number of para-hydroxylation sites is 2. The molecule has 148 valence electrons. The van der Waals surface area contributed by atoms with Gasteiger partial charge in [-0.3, -0.25) is 0 Å². The Kier molecular flexibility index (Phi) is 4.45. The number of hydrogen-bond donors (Lipinski definition) is 1. The maximum Gasteiger partial charge on any atom is 0.573 e. The van der Waals surface area contributed by atoms with Gasteiger partial charge in [-0.05, 0) is 24.3 Å². The summed E-state index contributed by atoms with van der Waals surface area (Å²) in [5.41, 5.74) is 0.933. The van der Waals surface area contributed by atoms with Crippen molar-refractivity contribution in [3.05, 3.63) is 65.2 Å². The number of nitrogens with one attached hydrogen (secondary N) is 1. The molecule has 2 aromatic heterocycles. The first kappa shape index (κ1) is 18.5. The first-order valence-electron chi connectivity index (χ1n) is 8.33. The van der Waals surface area contributed by atoms with Gasteiger partial charge in [-0.15, -0.1) is 13.2 Å². The zero-order valence-electron chi connectivity index (χ0n) is 14.9. The summed E-state index contributed by atoms with van der Waals surface area (Å²) in [4.78, 5) is 23.7. The van der Waals surface area contributed by atoms with Crippen LogP contribution in [0.5, 0.6) is 11.5 Å². The Labute approximate surface area is 161 Å². The number of ether oxygens (including phenoxy) is 2. The maximum atomic E-state index is 12.5. The zero-order chi connectivity index (χ0) is 20.6. The lowest BCUT2D eigenvalue weighted by Gasteiger charge is -2.10. The van der Waals surface area contributed by atoms with Crippen molar-refractivity contribution in [1.29, 1.82) is 0 Å². The fourth-order valence-corrected chi connectivity index (χ4v) is 2.91. The van der Waals surface area contributed by atoms with E-state index in [0.717, 1.165) is 0 Å². The van der Waals surface area contributed by atoms with E-state index in [9.17, 15) is 18.0 Å². The van der Waals surface area contributed by atoms with Crippen LogP contribution in [0.25, 0.3) is 28.2 Å². The van der Waals surface area contributed by atoms with E-state index in [1.807, 2.05) is 0 Å². The number of methoxy groups -OCH3 is 1. The third-order valence-electron chi connectivity index (χ3n) is 4.08. The van der Waals surface area contributed by atoms with Crippen LogP contribution in [0.4, 0.5) is 13.2 Å². The fraction of sp³-hybridized carbons (Fsp3) is 0.105. The molecule has 1 N–H and O–H groups in total. The van der Waals surface area contributed by atoms with Gasteiger partial charge in [0.2, 0.25) is 0 Å². The molecule has 0 spiro atoms. The van der Waals surface area contributed by atoms with Crippen molar-refractivity contribution in [2.75, 3.05) is 7.11 Å². The Morgan fingerprint density at radius 1 is 1.10 bits per heavy atom. The van der Waals surface area contributed by atoms with E-state index in [2.05, 4.69) is 19.7 Å². The monoisotopic (exact) mass is 402 g/mol. The van der Waals surface area contributed by atoms with Gasteiger partial charge in [0.25, 0.3) is 0 Å². The van der Waals surface area contributed by atoms with Gasteiger partial charge in [0.1, 0.15) is 17.0 Å². The average Bonchev–Trinajstić information content (AvgIpc) is 3.01. The number of halogens is 3. The molecule has 4 aromatic rings. The van der Waals surface area contributed by atoms with E-state index in [1.165, 1.54) is 36.1 Å². The molecule has 0 saturated carbocycles. The standard InChI is InChI=1S/C19H13F3N4O3/c1-28-15-8-3-2-7-14(15)26-17-13(24-18(26)27)10-23-16(25-17)11-5-4-6-12(9-11)29-19(20,21)22/h2-10H,1H3,(H,24,27). The van der Waals surface area contributed by atoms with Crippen LogP contribution >= 0.6 is 0 Å². The molecule has 0 unspecified atom stereocenters. The van der Waals surface area contributed by atoms with Crippen molar-refractivity contribution >= 4 is 11.2 Å². The van der Waals surface area contributed by atoms with Crippen LogP contribution in [0.1, 0.15) is 0 Å². The molecule has 2 heterocycles. The summed E-state index contributed by atoms with van der Waals surface area (Å²) < 4.78 is 48.0. The third-order valence-corrected chi connectivity index (χ3v) is 4.08. The van der Waals surface area contributed by atoms with Crippen molar-refractivity contribution < 1.29 is 22.6 Å². The predicted molar refractivity (Wildman–Crippen MR) is 98.2 cm³/mol. The van der Waals surface area contributed by atoms with Gasteiger partial charge in [0.05, 0.1) is 19.0 Å². The molecule has 0 aliphatic heterocycles. The van der Waals surface area contributed by atoms with Crippen LogP contribution in [0.15, 0.2) is 59.5 Å². The molecule has 4 rings (SSSR count). The first-order valence-corrected chi connectivity index (χ1v) is 8.33. The molecule has 0 saturated heterocycles. The number of alkyl halides is 3. The van der Waals surface area contributed by atoms with E-state index in [1.54, 1.807) is 30.3 Å². The van der Waals surface area contributed by atoms with Gasteiger partial charge in [-0.25, -0.2) is 19.3 Å². The second-order valence-electron chi connectivity index (χ2n) is 5.94. The van der Waals surface area contributed by atoms with Gasteiger partial charge in [0.15, 0.2) is 11.5 Å². The van der Waals surface area contributed by atoms with Crippen LogP contribution in [0, 0.1) is 0 Å². The predicted octanol–water partition coefficient (Wildman–Crippen LogP) is 3.68. The van der Waals surface area contributed by atoms with E-state index >= 15 is 0 Å². The normalized spacial score (nSPS) is 11.6. The topological polar surface area (TPSA) is 82.0 Å². The van der Waals surface area contributed by atoms with Crippen molar-refractivity contribution in [2.45, 2.75) is 6.36 Å². The molecule has 0 radical (unpaired) electrons. The Bertz CT molecular complexity index is 1250. The minimum Gasteiger partial charge on any atom is -0.495 e. The van der Waals surface area contributed by atoms with Crippen LogP contribution < -0.4 is 15.2 Å².